The highest BCUT2D eigenvalue weighted by molar-refractivity contribution is 7.16. The molecule has 1 saturated carbocycles. The highest BCUT2D eigenvalue weighted by atomic mass is 31.0. The maximum Gasteiger partial charge on any atom is 0.261 e. The Kier molecular flexibility index (Phi) is 5.94. The van der Waals surface area contributed by atoms with Crippen molar-refractivity contribution in [1.82, 2.24) is 24.4 Å². The molecule has 0 spiro atoms. The molecule has 35 heavy (non-hydrogen) atoms. The van der Waals surface area contributed by atoms with Crippen molar-refractivity contribution in [2.75, 3.05) is 30.0 Å². The summed E-state index contributed by atoms with van der Waals surface area (Å²) in [6, 6.07) is 2.32. The fourth-order valence-electron chi connectivity index (χ4n) is 5.53. The zero-order chi connectivity index (χ0) is 24.1. The average molecular weight is 502 g/mol. The van der Waals surface area contributed by atoms with Crippen molar-refractivity contribution in [1.29, 1.82) is 0 Å². The predicted octanol–water partition coefficient (Wildman–Crippen LogP) is 2.72. The van der Waals surface area contributed by atoms with Gasteiger partial charge in [0.2, 0.25) is 0 Å². The Bertz CT molecular complexity index is 1240. The van der Waals surface area contributed by atoms with Crippen molar-refractivity contribution in [3.63, 3.8) is 0 Å². The van der Waals surface area contributed by atoms with E-state index in [1.165, 1.54) is 6.20 Å². The zero-order valence-corrected chi connectivity index (χ0v) is 20.4. The van der Waals surface area contributed by atoms with Crippen molar-refractivity contribution in [2.24, 2.45) is 5.92 Å². The summed E-state index contributed by atoms with van der Waals surface area (Å²) in [5.74, 6) is -0.718. The van der Waals surface area contributed by atoms with Gasteiger partial charge >= 0.3 is 0 Å². The van der Waals surface area contributed by atoms with E-state index in [-0.39, 0.29) is 24.4 Å². The van der Waals surface area contributed by atoms with Crippen molar-refractivity contribution in [3.8, 4) is 0 Å². The van der Waals surface area contributed by atoms with Crippen LogP contribution >= 0.6 is 9.24 Å². The molecule has 3 aliphatic rings. The number of carbonyl (C=O) groups is 1. The summed E-state index contributed by atoms with van der Waals surface area (Å²) in [6.45, 7) is 1.68. The molecule has 3 aromatic heterocycles. The fraction of sp³-hybridized carbons (Fsp3) is 0.565. The van der Waals surface area contributed by atoms with Crippen LogP contribution < -0.4 is 10.2 Å². The van der Waals surface area contributed by atoms with Crippen LogP contribution in [0.15, 0.2) is 24.7 Å². The van der Waals surface area contributed by atoms with Gasteiger partial charge in [0.15, 0.2) is 11.6 Å². The van der Waals surface area contributed by atoms with Crippen molar-refractivity contribution in [3.05, 3.63) is 35.9 Å². The Labute approximate surface area is 204 Å². The Morgan fingerprint density at radius 1 is 1.31 bits per heavy atom. The number of ether oxygens (including phenoxy) is 1. The lowest BCUT2D eigenvalue weighted by Crippen LogP contribution is -2.37. The molecule has 0 aromatic carbocycles. The Balaban J connectivity index is 1.24. The third kappa shape index (κ3) is 4.19. The molecular weight excluding hydrogens is 472 g/mol. The van der Waals surface area contributed by atoms with E-state index in [0.29, 0.717) is 35.5 Å². The second-order valence-electron chi connectivity index (χ2n) is 9.73. The van der Waals surface area contributed by atoms with Gasteiger partial charge in [-0.3, -0.25) is 9.48 Å². The SMILES string of the molecule is O=C(Nc1cn([C@H]2CC[C@H](CO)CC2)nc1C(F)P)c1cnn2ccc(N3C[C@H]4C[C@@H]3CO4)nc12. The second kappa shape index (κ2) is 9.11. The van der Waals surface area contributed by atoms with E-state index in [0.717, 1.165) is 44.5 Å². The van der Waals surface area contributed by atoms with E-state index in [9.17, 15) is 14.3 Å². The third-order valence-electron chi connectivity index (χ3n) is 7.51. The number of aliphatic hydroxyl groups excluding tert-OH is 1. The van der Waals surface area contributed by atoms with Crippen LogP contribution in [0.1, 0.15) is 60.1 Å². The number of morpholine rings is 1. The number of hydrogen-bond acceptors (Lipinski definition) is 7. The number of nitrogens with one attached hydrogen (secondary N) is 1. The number of nitrogens with zero attached hydrogens (tertiary/aromatic N) is 6. The van der Waals surface area contributed by atoms with E-state index >= 15 is 0 Å². The second-order valence-corrected chi connectivity index (χ2v) is 10.3. The molecule has 12 heteroatoms. The van der Waals surface area contributed by atoms with Crippen molar-refractivity contribution in [2.45, 2.75) is 56.2 Å². The maximum absolute atomic E-state index is 14.4. The number of aromatic nitrogens is 5. The molecule has 1 amide bonds. The maximum atomic E-state index is 14.4. The summed E-state index contributed by atoms with van der Waals surface area (Å²) in [7, 11) is 2.10. The number of alkyl halides is 1. The molecule has 2 bridgehead atoms. The Morgan fingerprint density at radius 3 is 2.83 bits per heavy atom. The van der Waals surface area contributed by atoms with Gasteiger partial charge in [-0.2, -0.15) is 10.2 Å². The summed E-state index contributed by atoms with van der Waals surface area (Å²) in [4.78, 5) is 20.2. The molecule has 0 radical (unpaired) electrons. The minimum atomic E-state index is -1.42. The smallest absolute Gasteiger partial charge is 0.261 e. The lowest BCUT2D eigenvalue weighted by molar-refractivity contribution is 0.0988. The van der Waals surface area contributed by atoms with Gasteiger partial charge in [0.25, 0.3) is 5.91 Å². The van der Waals surface area contributed by atoms with Crippen molar-refractivity contribution < 1.29 is 19.0 Å². The number of halogens is 1. The zero-order valence-electron chi connectivity index (χ0n) is 19.3. The number of anilines is 2. The highest BCUT2D eigenvalue weighted by Crippen LogP contribution is 2.36. The summed E-state index contributed by atoms with van der Waals surface area (Å²) >= 11 is 0. The first-order chi connectivity index (χ1) is 17.0. The molecule has 3 aromatic rings. The number of aliphatic hydroxyl groups is 1. The molecule has 2 unspecified atom stereocenters. The third-order valence-corrected chi connectivity index (χ3v) is 7.83. The first-order valence-electron chi connectivity index (χ1n) is 12.1. The summed E-state index contributed by atoms with van der Waals surface area (Å²) in [5.41, 5.74) is 1.27. The molecule has 2 saturated heterocycles. The standard InChI is InChI=1S/C23H29FN7O3P/c24-21(35)20-18(10-31(28-20)14-3-1-13(11-32)2-4-14)26-23(33)17-8-25-30-6-5-19(27-22(17)30)29-9-16-7-15(29)12-34-16/h5-6,8,10,13-16,21,32H,1-4,7,9,11-12,35H2,(H,26,33)/t13-,14-,15-,16-,21?/m1/s1. The van der Waals surface area contributed by atoms with Gasteiger partial charge in [-0.25, -0.2) is 13.9 Å². The minimum absolute atomic E-state index is 0.118. The highest BCUT2D eigenvalue weighted by Gasteiger charge is 2.39. The topological polar surface area (TPSA) is 110 Å². The van der Waals surface area contributed by atoms with Gasteiger partial charge in [-0.05, 0) is 44.1 Å². The molecule has 186 valence electrons. The van der Waals surface area contributed by atoms with E-state index in [1.807, 2.05) is 6.07 Å². The number of amides is 1. The van der Waals surface area contributed by atoms with Gasteiger partial charge in [-0.1, -0.05) is 9.24 Å². The monoisotopic (exact) mass is 501 g/mol. The summed E-state index contributed by atoms with van der Waals surface area (Å²) < 4.78 is 23.4. The Hall–Kier alpha value is -2.62. The minimum Gasteiger partial charge on any atom is -0.396 e. The van der Waals surface area contributed by atoms with Gasteiger partial charge in [0, 0.05) is 25.5 Å². The number of fused-ring (bicyclic) bond motifs is 3. The van der Waals surface area contributed by atoms with Gasteiger partial charge in [-0.15, -0.1) is 0 Å². The molecule has 2 aliphatic heterocycles. The van der Waals surface area contributed by atoms with Gasteiger partial charge < -0.3 is 20.1 Å². The van der Waals surface area contributed by atoms with Gasteiger partial charge in [0.1, 0.15) is 17.1 Å². The molecule has 2 N–H and O–H groups in total. The largest absolute Gasteiger partial charge is 0.396 e. The fourth-order valence-corrected chi connectivity index (χ4v) is 5.78. The molecule has 10 nitrogen and oxygen atoms in total. The lowest BCUT2D eigenvalue weighted by Gasteiger charge is -2.27. The number of hydrogen-bond donors (Lipinski definition) is 2. The number of carbonyl (C=O) groups excluding carboxylic acids is 1. The van der Waals surface area contributed by atoms with Crippen LogP contribution in [-0.4, -0.2) is 67.3 Å². The van der Waals surface area contributed by atoms with Crippen LogP contribution in [0.3, 0.4) is 0 Å². The summed E-state index contributed by atoms with van der Waals surface area (Å²) in [5, 5.41) is 21.0. The van der Waals surface area contributed by atoms with Gasteiger partial charge in [0.05, 0.1) is 36.7 Å². The van der Waals surface area contributed by atoms with E-state index in [4.69, 9.17) is 9.72 Å². The quantitative estimate of drug-likeness (QED) is 0.500. The van der Waals surface area contributed by atoms with Crippen LogP contribution in [0.25, 0.3) is 5.65 Å². The van der Waals surface area contributed by atoms with E-state index in [2.05, 4.69) is 29.7 Å². The average Bonchev–Trinajstić information content (AvgIpc) is 3.66. The molecule has 6 rings (SSSR count). The van der Waals surface area contributed by atoms with E-state index in [1.54, 1.807) is 21.6 Å². The van der Waals surface area contributed by atoms with Crippen LogP contribution in [0, 0.1) is 5.92 Å². The molecule has 4 atom stereocenters. The molecular formula is C23H29FN7O3P. The molecule has 1 aliphatic carbocycles. The normalized spacial score (nSPS) is 27.0. The summed E-state index contributed by atoms with van der Waals surface area (Å²) in [6.07, 6.45) is 9.74. The van der Waals surface area contributed by atoms with Crippen molar-refractivity contribution >= 4 is 32.3 Å². The number of rotatable bonds is 6. The first kappa shape index (κ1) is 22.8. The van der Waals surface area contributed by atoms with Crippen LogP contribution in [0.2, 0.25) is 0 Å². The van der Waals surface area contributed by atoms with Crippen LogP contribution in [0.4, 0.5) is 15.9 Å². The van der Waals surface area contributed by atoms with Crippen LogP contribution in [0.5, 0.6) is 0 Å². The van der Waals surface area contributed by atoms with E-state index < -0.39 is 11.8 Å². The lowest BCUT2D eigenvalue weighted by atomic mass is 9.87. The first-order valence-corrected chi connectivity index (χ1v) is 12.8. The predicted molar refractivity (Wildman–Crippen MR) is 130 cm³/mol. The van der Waals surface area contributed by atoms with Crippen LogP contribution in [-0.2, 0) is 4.74 Å². The Morgan fingerprint density at radius 2 is 2.14 bits per heavy atom. The molecule has 5 heterocycles. The molecule has 3 fully saturated rings.